The van der Waals surface area contributed by atoms with Crippen molar-refractivity contribution in [3.05, 3.63) is 21.9 Å². The zero-order chi connectivity index (χ0) is 13.7. The minimum Gasteiger partial charge on any atom is -0.391 e. The normalized spacial score (nSPS) is 22.4. The van der Waals surface area contributed by atoms with Crippen LogP contribution >= 0.6 is 11.3 Å². The van der Waals surface area contributed by atoms with Crippen molar-refractivity contribution in [1.29, 1.82) is 0 Å². The molecule has 2 unspecified atom stereocenters. The Morgan fingerprint density at radius 1 is 1.47 bits per heavy atom. The number of nitrogens with one attached hydrogen (secondary N) is 1. The first-order chi connectivity index (χ1) is 9.22. The molecule has 0 saturated heterocycles. The lowest BCUT2D eigenvalue weighted by Gasteiger charge is -2.28. The van der Waals surface area contributed by atoms with E-state index >= 15 is 0 Å². The first-order valence-electron chi connectivity index (χ1n) is 6.38. The number of hydrogen-bond acceptors (Lipinski definition) is 4. The second kappa shape index (κ2) is 6.71. The molecule has 19 heavy (non-hydrogen) atoms. The molecule has 4 nitrogen and oxygen atoms in total. The van der Waals surface area contributed by atoms with Crippen molar-refractivity contribution in [3.8, 4) is 11.8 Å². The highest BCUT2D eigenvalue weighted by Gasteiger charge is 2.25. The van der Waals surface area contributed by atoms with Gasteiger partial charge in [0, 0.05) is 5.56 Å². The van der Waals surface area contributed by atoms with Gasteiger partial charge in [0.05, 0.1) is 12.1 Å². The Morgan fingerprint density at radius 2 is 2.26 bits per heavy atom. The fourth-order valence-corrected chi connectivity index (χ4v) is 2.98. The number of amides is 1. The number of aliphatic hydroxyl groups is 2. The minimum atomic E-state index is -0.454. The van der Waals surface area contributed by atoms with Crippen LogP contribution in [0.15, 0.2) is 11.4 Å². The molecule has 1 fully saturated rings. The SMILES string of the molecule is O=C(NC1CCCCC1O)c1sccc1C#CCO. The number of hydrogen-bond donors (Lipinski definition) is 3. The summed E-state index contributed by atoms with van der Waals surface area (Å²) >= 11 is 1.32. The van der Waals surface area contributed by atoms with E-state index in [0.717, 1.165) is 25.7 Å². The smallest absolute Gasteiger partial charge is 0.262 e. The molecule has 0 radical (unpaired) electrons. The summed E-state index contributed by atoms with van der Waals surface area (Å²) < 4.78 is 0. The Morgan fingerprint density at radius 3 is 3.00 bits per heavy atom. The third-order valence-corrected chi connectivity index (χ3v) is 4.13. The molecule has 1 aliphatic rings. The van der Waals surface area contributed by atoms with Crippen molar-refractivity contribution >= 4 is 17.2 Å². The zero-order valence-electron chi connectivity index (χ0n) is 10.6. The third kappa shape index (κ3) is 3.57. The Kier molecular flexibility index (Phi) is 4.97. The van der Waals surface area contributed by atoms with Gasteiger partial charge in [-0.2, -0.15) is 0 Å². The molecule has 0 spiro atoms. The fraction of sp³-hybridized carbons (Fsp3) is 0.500. The third-order valence-electron chi connectivity index (χ3n) is 3.22. The molecule has 1 amide bonds. The molecule has 1 heterocycles. The van der Waals surface area contributed by atoms with Gasteiger partial charge in [0.1, 0.15) is 11.5 Å². The summed E-state index contributed by atoms with van der Waals surface area (Å²) in [5.41, 5.74) is 0.627. The standard InChI is InChI=1S/C14H17NO3S/c16-8-3-4-10-7-9-19-13(10)14(18)15-11-5-1-2-6-12(11)17/h7,9,11-12,16-17H,1-2,5-6,8H2,(H,15,18). The van der Waals surface area contributed by atoms with Crippen LogP contribution in [0, 0.1) is 11.8 Å². The Balaban J connectivity index is 2.05. The number of thiophene rings is 1. The van der Waals surface area contributed by atoms with E-state index in [0.29, 0.717) is 10.4 Å². The summed E-state index contributed by atoms with van der Waals surface area (Å²) in [5, 5.41) is 23.2. The topological polar surface area (TPSA) is 69.6 Å². The average molecular weight is 279 g/mol. The van der Waals surface area contributed by atoms with Crippen LogP contribution < -0.4 is 5.32 Å². The predicted octanol–water partition coefficient (Wildman–Crippen LogP) is 1.13. The lowest BCUT2D eigenvalue weighted by Crippen LogP contribution is -2.45. The molecule has 5 heteroatoms. The molecule has 1 saturated carbocycles. The largest absolute Gasteiger partial charge is 0.391 e. The van der Waals surface area contributed by atoms with Crippen molar-refractivity contribution in [2.75, 3.05) is 6.61 Å². The van der Waals surface area contributed by atoms with Crippen LogP contribution in [0.3, 0.4) is 0 Å². The first-order valence-corrected chi connectivity index (χ1v) is 7.26. The number of carbonyl (C=O) groups excluding carboxylic acids is 1. The van der Waals surface area contributed by atoms with Crippen molar-refractivity contribution in [1.82, 2.24) is 5.32 Å². The molecule has 0 aliphatic heterocycles. The Hall–Kier alpha value is -1.35. The van der Waals surface area contributed by atoms with E-state index in [2.05, 4.69) is 17.2 Å². The van der Waals surface area contributed by atoms with Crippen molar-refractivity contribution in [3.63, 3.8) is 0 Å². The quantitative estimate of drug-likeness (QED) is 0.711. The highest BCUT2D eigenvalue weighted by Crippen LogP contribution is 2.20. The summed E-state index contributed by atoms with van der Waals surface area (Å²) in [6, 6.07) is 1.60. The van der Waals surface area contributed by atoms with Gasteiger partial charge in [0.15, 0.2) is 0 Å². The van der Waals surface area contributed by atoms with E-state index in [9.17, 15) is 9.90 Å². The lowest BCUT2D eigenvalue weighted by atomic mass is 9.92. The van der Waals surface area contributed by atoms with E-state index in [4.69, 9.17) is 5.11 Å². The fourth-order valence-electron chi connectivity index (χ4n) is 2.23. The van der Waals surface area contributed by atoms with E-state index in [1.165, 1.54) is 11.3 Å². The minimum absolute atomic E-state index is 0.165. The molecular weight excluding hydrogens is 262 g/mol. The molecule has 1 aliphatic carbocycles. The van der Waals surface area contributed by atoms with E-state index in [1.807, 2.05) is 0 Å². The van der Waals surface area contributed by atoms with Gasteiger partial charge in [-0.1, -0.05) is 24.7 Å². The van der Waals surface area contributed by atoms with Gasteiger partial charge in [-0.25, -0.2) is 0 Å². The molecular formula is C14H17NO3S. The van der Waals surface area contributed by atoms with Gasteiger partial charge in [0.2, 0.25) is 0 Å². The van der Waals surface area contributed by atoms with Crippen LogP contribution in [0.5, 0.6) is 0 Å². The monoisotopic (exact) mass is 279 g/mol. The van der Waals surface area contributed by atoms with E-state index < -0.39 is 6.10 Å². The van der Waals surface area contributed by atoms with Crippen LogP contribution in [0.1, 0.15) is 40.9 Å². The maximum atomic E-state index is 12.2. The lowest BCUT2D eigenvalue weighted by molar-refractivity contribution is 0.0720. The molecule has 1 aromatic heterocycles. The van der Waals surface area contributed by atoms with Gasteiger partial charge in [0.25, 0.3) is 5.91 Å². The van der Waals surface area contributed by atoms with Gasteiger partial charge in [-0.15, -0.1) is 11.3 Å². The molecule has 0 aromatic carbocycles. The average Bonchev–Trinajstić information content (AvgIpc) is 2.87. The maximum Gasteiger partial charge on any atom is 0.262 e. The molecule has 1 aromatic rings. The first kappa shape index (κ1) is 14.1. The number of rotatable bonds is 2. The number of carbonyl (C=O) groups is 1. The van der Waals surface area contributed by atoms with Crippen LogP contribution in [-0.2, 0) is 0 Å². The van der Waals surface area contributed by atoms with E-state index in [1.54, 1.807) is 11.4 Å². The van der Waals surface area contributed by atoms with Crippen molar-refractivity contribution in [2.45, 2.75) is 37.8 Å². The zero-order valence-corrected chi connectivity index (χ0v) is 11.4. The van der Waals surface area contributed by atoms with Crippen LogP contribution in [0.4, 0.5) is 0 Å². The van der Waals surface area contributed by atoms with Crippen LogP contribution in [0.25, 0.3) is 0 Å². The summed E-state index contributed by atoms with van der Waals surface area (Å²) in [6.45, 7) is -0.224. The molecule has 2 atom stereocenters. The van der Waals surface area contributed by atoms with Gasteiger partial charge in [-0.3, -0.25) is 4.79 Å². The second-order valence-corrected chi connectivity index (χ2v) is 5.47. The van der Waals surface area contributed by atoms with E-state index in [-0.39, 0.29) is 18.6 Å². The summed E-state index contributed by atoms with van der Waals surface area (Å²) in [5.74, 6) is 5.11. The summed E-state index contributed by atoms with van der Waals surface area (Å²) in [4.78, 5) is 12.7. The van der Waals surface area contributed by atoms with Crippen molar-refractivity contribution < 1.29 is 15.0 Å². The Labute approximate surface area is 116 Å². The van der Waals surface area contributed by atoms with Gasteiger partial charge < -0.3 is 15.5 Å². The molecule has 102 valence electrons. The van der Waals surface area contributed by atoms with Crippen LogP contribution in [-0.4, -0.2) is 34.9 Å². The molecule has 2 rings (SSSR count). The summed E-state index contributed by atoms with van der Waals surface area (Å²) in [6.07, 6.45) is 3.15. The van der Waals surface area contributed by atoms with Crippen molar-refractivity contribution in [2.24, 2.45) is 0 Å². The van der Waals surface area contributed by atoms with Crippen LogP contribution in [0.2, 0.25) is 0 Å². The highest BCUT2D eigenvalue weighted by molar-refractivity contribution is 7.12. The summed E-state index contributed by atoms with van der Waals surface area (Å²) in [7, 11) is 0. The maximum absolute atomic E-state index is 12.2. The van der Waals surface area contributed by atoms with Gasteiger partial charge >= 0.3 is 0 Å². The molecule has 0 bridgehead atoms. The number of aliphatic hydroxyl groups excluding tert-OH is 2. The van der Waals surface area contributed by atoms with Gasteiger partial charge in [-0.05, 0) is 24.3 Å². The Bertz CT molecular complexity index is 500. The predicted molar refractivity (Wildman–Crippen MR) is 74.0 cm³/mol. The molecule has 3 N–H and O–H groups in total. The second-order valence-electron chi connectivity index (χ2n) is 4.56. The highest BCUT2D eigenvalue weighted by atomic mass is 32.1.